The highest BCUT2D eigenvalue weighted by Crippen LogP contribution is 2.39. The van der Waals surface area contributed by atoms with Gasteiger partial charge in [0.2, 0.25) is 0 Å². The molecule has 25 heavy (non-hydrogen) atoms. The van der Waals surface area contributed by atoms with Gasteiger partial charge in [-0.1, -0.05) is 6.07 Å². The Morgan fingerprint density at radius 3 is 2.96 bits per heavy atom. The van der Waals surface area contributed by atoms with Gasteiger partial charge >= 0.3 is 10.3 Å². The van der Waals surface area contributed by atoms with E-state index in [0.717, 1.165) is 6.54 Å². The predicted molar refractivity (Wildman–Crippen MR) is 87.6 cm³/mol. The van der Waals surface area contributed by atoms with Crippen molar-refractivity contribution in [2.24, 2.45) is 0 Å². The number of morpholine rings is 1. The average molecular weight is 365 g/mol. The molecule has 2 aliphatic rings. The van der Waals surface area contributed by atoms with Gasteiger partial charge in [-0.25, -0.2) is 4.39 Å². The highest BCUT2D eigenvalue weighted by Gasteiger charge is 2.29. The second-order valence-electron chi connectivity index (χ2n) is 5.80. The molecule has 1 aromatic heterocycles. The lowest BCUT2D eigenvalue weighted by Gasteiger charge is -2.26. The molecule has 1 saturated heterocycles. The number of hydrogen-bond donors (Lipinski definition) is 2. The highest BCUT2D eigenvalue weighted by atomic mass is 32.2. The first-order chi connectivity index (χ1) is 12.0. The third-order valence-corrected chi connectivity index (χ3v) is 5.01. The van der Waals surface area contributed by atoms with Gasteiger partial charge in [0.25, 0.3) is 0 Å². The summed E-state index contributed by atoms with van der Waals surface area (Å²) in [7, 11) is -3.91. The summed E-state index contributed by atoms with van der Waals surface area (Å²) in [6, 6.07) is 5.99. The normalized spacial score (nSPS) is 22.0. The van der Waals surface area contributed by atoms with Crippen molar-refractivity contribution in [1.29, 1.82) is 0 Å². The van der Waals surface area contributed by atoms with Crippen LogP contribution >= 0.6 is 0 Å². The molecule has 132 valence electrons. The van der Waals surface area contributed by atoms with E-state index in [0.29, 0.717) is 35.5 Å². The Morgan fingerprint density at radius 1 is 1.28 bits per heavy atom. The van der Waals surface area contributed by atoms with Crippen LogP contribution in [0.1, 0.15) is 17.4 Å². The molecule has 4 rings (SSSR count). The molecular weight excluding hydrogens is 349 g/mol. The van der Waals surface area contributed by atoms with Crippen LogP contribution in [0.15, 0.2) is 30.5 Å². The van der Waals surface area contributed by atoms with Crippen LogP contribution in [0.3, 0.4) is 0 Å². The molecule has 7 nitrogen and oxygen atoms in total. The molecule has 3 heterocycles. The Morgan fingerprint density at radius 2 is 2.16 bits per heavy atom. The van der Waals surface area contributed by atoms with Crippen LogP contribution in [-0.2, 0) is 21.6 Å². The number of benzene rings is 1. The van der Waals surface area contributed by atoms with E-state index in [1.54, 1.807) is 18.3 Å². The van der Waals surface area contributed by atoms with Crippen LogP contribution < -0.4 is 14.2 Å². The van der Waals surface area contributed by atoms with E-state index in [4.69, 9.17) is 8.92 Å². The second-order valence-corrected chi connectivity index (χ2v) is 7.16. The van der Waals surface area contributed by atoms with E-state index >= 15 is 0 Å². The summed E-state index contributed by atoms with van der Waals surface area (Å²) in [5, 5.41) is 3.22. The van der Waals surface area contributed by atoms with Crippen LogP contribution in [0.25, 0.3) is 11.1 Å². The van der Waals surface area contributed by atoms with E-state index in [9.17, 15) is 12.8 Å². The lowest BCUT2D eigenvalue weighted by atomic mass is 9.97. The minimum atomic E-state index is -3.91. The second kappa shape index (κ2) is 6.34. The number of nitrogens with zero attached hydrogens (tertiary/aromatic N) is 1. The number of rotatable bonds is 2. The van der Waals surface area contributed by atoms with Gasteiger partial charge in [0.15, 0.2) is 5.75 Å². The smallest absolute Gasteiger partial charge is 0.370 e. The summed E-state index contributed by atoms with van der Waals surface area (Å²) < 4.78 is 50.8. The van der Waals surface area contributed by atoms with Gasteiger partial charge in [0, 0.05) is 42.5 Å². The summed E-state index contributed by atoms with van der Waals surface area (Å²) in [5.74, 6) is -0.353. The summed E-state index contributed by atoms with van der Waals surface area (Å²) in [5.41, 5.74) is 1.98. The Hall–Kier alpha value is -2.07. The van der Waals surface area contributed by atoms with E-state index in [2.05, 4.69) is 15.0 Å². The van der Waals surface area contributed by atoms with Crippen molar-refractivity contribution in [3.63, 3.8) is 0 Å². The molecular formula is C16H16FN3O4S. The number of nitrogens with one attached hydrogen (secondary N) is 2. The predicted octanol–water partition coefficient (Wildman–Crippen LogP) is 1.28. The first kappa shape index (κ1) is 16.4. The molecule has 0 spiro atoms. The Labute approximate surface area is 144 Å². The monoisotopic (exact) mass is 365 g/mol. The van der Waals surface area contributed by atoms with E-state index < -0.39 is 16.1 Å². The van der Waals surface area contributed by atoms with Crippen LogP contribution in [0.2, 0.25) is 0 Å². The fourth-order valence-corrected chi connectivity index (χ4v) is 3.84. The first-order valence-corrected chi connectivity index (χ1v) is 9.23. The van der Waals surface area contributed by atoms with Crippen LogP contribution in [0.4, 0.5) is 4.39 Å². The third-order valence-electron chi connectivity index (χ3n) is 4.12. The average Bonchev–Trinajstić information content (AvgIpc) is 2.62. The van der Waals surface area contributed by atoms with Gasteiger partial charge in [0.1, 0.15) is 11.9 Å². The van der Waals surface area contributed by atoms with Gasteiger partial charge in [0.05, 0.1) is 12.3 Å². The standard InChI is InChI=1S/C16H16FN3O4S/c17-11-6-10-8-20-25(21,22)24-16(10)13(7-11)12-2-1-3-19-15(12)14-9-18-4-5-23-14/h1-3,6-7,14,18,20H,4-5,8-9H2. The fraction of sp³-hybridized carbons (Fsp3) is 0.312. The van der Waals surface area contributed by atoms with Crippen molar-refractivity contribution in [3.8, 4) is 16.9 Å². The van der Waals surface area contributed by atoms with Crippen molar-refractivity contribution in [2.75, 3.05) is 19.7 Å². The molecule has 0 aliphatic carbocycles. The quantitative estimate of drug-likeness (QED) is 0.833. The van der Waals surface area contributed by atoms with Crippen molar-refractivity contribution in [1.82, 2.24) is 15.0 Å². The minimum absolute atomic E-state index is 0.0283. The lowest BCUT2D eigenvalue weighted by molar-refractivity contribution is 0.0254. The van der Waals surface area contributed by atoms with Crippen LogP contribution in [0, 0.1) is 5.82 Å². The molecule has 0 saturated carbocycles. The molecule has 0 radical (unpaired) electrons. The minimum Gasteiger partial charge on any atom is -0.370 e. The SMILES string of the molecule is O=S1(=O)NCc2cc(F)cc(-c3cccnc3C3CNCCO3)c2O1. The van der Waals surface area contributed by atoms with Crippen LogP contribution in [0.5, 0.6) is 5.75 Å². The van der Waals surface area contributed by atoms with Crippen molar-refractivity contribution >= 4 is 10.3 Å². The Balaban J connectivity index is 1.87. The van der Waals surface area contributed by atoms with Gasteiger partial charge in [-0.2, -0.15) is 13.1 Å². The number of ether oxygens (including phenoxy) is 1. The lowest BCUT2D eigenvalue weighted by Crippen LogP contribution is -2.34. The number of pyridine rings is 1. The molecule has 0 bridgehead atoms. The maximum atomic E-state index is 14.1. The van der Waals surface area contributed by atoms with E-state index in [1.807, 2.05) is 0 Å². The maximum absolute atomic E-state index is 14.1. The molecule has 0 amide bonds. The zero-order chi connectivity index (χ0) is 17.4. The van der Waals surface area contributed by atoms with Crippen molar-refractivity contribution < 1.29 is 21.7 Å². The molecule has 2 aliphatic heterocycles. The van der Waals surface area contributed by atoms with Gasteiger partial charge in [-0.3, -0.25) is 4.98 Å². The fourth-order valence-electron chi connectivity index (χ4n) is 3.03. The topological polar surface area (TPSA) is 89.6 Å². The zero-order valence-corrected chi connectivity index (χ0v) is 14.0. The maximum Gasteiger partial charge on any atom is 0.382 e. The summed E-state index contributed by atoms with van der Waals surface area (Å²) in [6.07, 6.45) is 1.32. The molecule has 1 fully saturated rings. The Kier molecular flexibility index (Phi) is 4.16. The zero-order valence-electron chi connectivity index (χ0n) is 13.2. The molecule has 1 aromatic carbocycles. The third kappa shape index (κ3) is 3.23. The summed E-state index contributed by atoms with van der Waals surface area (Å²) in [4.78, 5) is 4.39. The molecule has 1 atom stereocenters. The number of hydrogen-bond acceptors (Lipinski definition) is 6. The van der Waals surface area contributed by atoms with Crippen LogP contribution in [-0.4, -0.2) is 33.1 Å². The van der Waals surface area contributed by atoms with Gasteiger partial charge in [-0.05, 0) is 18.2 Å². The molecule has 1 unspecified atom stereocenters. The molecule has 2 N–H and O–H groups in total. The molecule has 2 aromatic rings. The number of aromatic nitrogens is 1. The van der Waals surface area contributed by atoms with Gasteiger partial charge < -0.3 is 14.2 Å². The first-order valence-electron chi connectivity index (χ1n) is 7.82. The number of fused-ring (bicyclic) bond motifs is 1. The highest BCUT2D eigenvalue weighted by molar-refractivity contribution is 7.85. The van der Waals surface area contributed by atoms with E-state index in [-0.39, 0.29) is 18.4 Å². The van der Waals surface area contributed by atoms with Crippen molar-refractivity contribution in [3.05, 3.63) is 47.5 Å². The van der Waals surface area contributed by atoms with Gasteiger partial charge in [-0.15, -0.1) is 0 Å². The largest absolute Gasteiger partial charge is 0.382 e. The van der Waals surface area contributed by atoms with E-state index in [1.165, 1.54) is 12.1 Å². The van der Waals surface area contributed by atoms with Crippen molar-refractivity contribution in [2.45, 2.75) is 12.6 Å². The summed E-state index contributed by atoms with van der Waals surface area (Å²) in [6.45, 7) is 1.83. The summed E-state index contributed by atoms with van der Waals surface area (Å²) >= 11 is 0. The molecule has 9 heteroatoms. The Bertz CT molecular complexity index is 914. The number of halogens is 1.